The van der Waals surface area contributed by atoms with Crippen LogP contribution in [-0.4, -0.2) is 18.2 Å². The lowest BCUT2D eigenvalue weighted by Crippen LogP contribution is -2.48. The molecule has 0 aromatic heterocycles. The number of carbonyl (C=O) groups excluding carboxylic acids is 1. The van der Waals surface area contributed by atoms with E-state index in [4.69, 9.17) is 9.47 Å². The molecule has 2 bridgehead atoms. The quantitative estimate of drug-likeness (QED) is 0.794. The first-order valence-corrected chi connectivity index (χ1v) is 7.22. The largest absolute Gasteiger partial charge is 0.465 e. The predicted molar refractivity (Wildman–Crippen MR) is 72.0 cm³/mol. The van der Waals surface area contributed by atoms with E-state index >= 15 is 0 Å². The van der Waals surface area contributed by atoms with Crippen molar-refractivity contribution in [2.45, 2.75) is 44.6 Å². The summed E-state index contributed by atoms with van der Waals surface area (Å²) in [5.41, 5.74) is -1.27. The molecule has 1 aromatic rings. The Balaban J connectivity index is 1.89. The molecule has 6 heteroatoms. The highest BCUT2D eigenvalue weighted by atomic mass is 19.4. The second-order valence-corrected chi connectivity index (χ2v) is 6.30. The van der Waals surface area contributed by atoms with Crippen LogP contribution in [0, 0.1) is 5.41 Å². The first-order valence-electron chi connectivity index (χ1n) is 7.22. The molecular formula is C16H17F3O3. The maximum atomic E-state index is 12.6. The van der Waals surface area contributed by atoms with Gasteiger partial charge in [-0.05, 0) is 44.4 Å². The summed E-state index contributed by atoms with van der Waals surface area (Å²) in [6.45, 7) is 3.92. The molecule has 0 radical (unpaired) electrons. The molecule has 22 heavy (non-hydrogen) atoms. The third-order valence-electron chi connectivity index (χ3n) is 4.51. The maximum absolute atomic E-state index is 12.6. The van der Waals surface area contributed by atoms with Crippen LogP contribution in [0.2, 0.25) is 0 Å². The van der Waals surface area contributed by atoms with Gasteiger partial charge >= 0.3 is 12.1 Å². The zero-order valence-electron chi connectivity index (χ0n) is 12.4. The molecule has 3 fully saturated rings. The molecule has 1 saturated carbocycles. The summed E-state index contributed by atoms with van der Waals surface area (Å²) in [4.78, 5) is 12.3. The Hall–Kier alpha value is -1.56. The molecule has 2 saturated heterocycles. The van der Waals surface area contributed by atoms with Gasteiger partial charge in [-0.1, -0.05) is 12.1 Å². The highest BCUT2D eigenvalue weighted by Gasteiger charge is 2.70. The van der Waals surface area contributed by atoms with Gasteiger partial charge in [0.05, 0.1) is 23.9 Å². The minimum atomic E-state index is -4.37. The summed E-state index contributed by atoms with van der Waals surface area (Å²) in [5.74, 6) is -0.324. The molecule has 2 aliphatic heterocycles. The molecule has 1 atom stereocenters. The van der Waals surface area contributed by atoms with Crippen LogP contribution >= 0.6 is 0 Å². The standard InChI is InChI=1S/C16H17F3O3/c1-3-21-13(20)15-8-14(2,9-15)22-12(15)10-4-6-11(7-5-10)16(17,18)19/h4-7,12H,3,8-9H2,1-2H3. The number of benzene rings is 1. The lowest BCUT2D eigenvalue weighted by Gasteiger charge is -2.41. The third kappa shape index (κ3) is 2.20. The highest BCUT2D eigenvalue weighted by Crippen LogP contribution is 2.67. The Morgan fingerprint density at radius 1 is 1.32 bits per heavy atom. The van der Waals surface area contributed by atoms with Gasteiger partial charge in [0.25, 0.3) is 0 Å². The van der Waals surface area contributed by atoms with Gasteiger partial charge in [-0.2, -0.15) is 13.2 Å². The third-order valence-corrected chi connectivity index (χ3v) is 4.51. The SMILES string of the molecule is CCOC(=O)C12CC(C)(C1)OC2c1ccc(C(F)(F)F)cc1. The smallest absolute Gasteiger partial charge is 0.416 e. The Morgan fingerprint density at radius 3 is 2.41 bits per heavy atom. The lowest BCUT2D eigenvalue weighted by atomic mass is 9.60. The minimum absolute atomic E-state index is 0.275. The second kappa shape index (κ2) is 4.72. The van der Waals surface area contributed by atoms with E-state index < -0.39 is 23.3 Å². The molecular weight excluding hydrogens is 297 g/mol. The van der Waals surface area contributed by atoms with Gasteiger partial charge in [-0.15, -0.1) is 0 Å². The number of alkyl halides is 3. The van der Waals surface area contributed by atoms with Crippen LogP contribution < -0.4 is 0 Å². The molecule has 3 aliphatic rings. The van der Waals surface area contributed by atoms with Crippen molar-refractivity contribution >= 4 is 5.97 Å². The summed E-state index contributed by atoms with van der Waals surface area (Å²) >= 11 is 0. The number of hydrogen-bond donors (Lipinski definition) is 0. The van der Waals surface area contributed by atoms with E-state index in [1.165, 1.54) is 12.1 Å². The Kier molecular flexibility index (Phi) is 3.29. The van der Waals surface area contributed by atoms with Gasteiger partial charge in [-0.25, -0.2) is 0 Å². The molecule has 120 valence electrons. The lowest BCUT2D eigenvalue weighted by molar-refractivity contribution is -0.161. The Bertz CT molecular complexity index is 586. The number of esters is 1. The first kappa shape index (κ1) is 15.3. The first-order chi connectivity index (χ1) is 10.2. The average molecular weight is 314 g/mol. The number of halogens is 3. The van der Waals surface area contributed by atoms with Gasteiger partial charge < -0.3 is 9.47 Å². The van der Waals surface area contributed by atoms with Crippen molar-refractivity contribution in [3.8, 4) is 0 Å². The molecule has 3 nitrogen and oxygen atoms in total. The van der Waals surface area contributed by atoms with Crippen molar-refractivity contribution in [3.05, 3.63) is 35.4 Å². The number of hydrogen-bond acceptors (Lipinski definition) is 3. The van der Waals surface area contributed by atoms with Crippen LogP contribution in [0.1, 0.15) is 43.9 Å². The fourth-order valence-electron chi connectivity index (χ4n) is 3.71. The van der Waals surface area contributed by atoms with E-state index in [1.54, 1.807) is 6.92 Å². The Morgan fingerprint density at radius 2 is 1.91 bits per heavy atom. The second-order valence-electron chi connectivity index (χ2n) is 6.30. The summed E-state index contributed by atoms with van der Waals surface area (Å²) in [5, 5.41) is 0. The summed E-state index contributed by atoms with van der Waals surface area (Å²) in [6.07, 6.45) is -3.82. The zero-order chi connectivity index (χ0) is 16.2. The summed E-state index contributed by atoms with van der Waals surface area (Å²) in [6, 6.07) is 4.82. The molecule has 2 heterocycles. The van der Waals surface area contributed by atoms with Crippen molar-refractivity contribution in [2.75, 3.05) is 6.61 Å². The number of carbonyl (C=O) groups is 1. The van der Waals surface area contributed by atoms with Crippen LogP contribution in [0.5, 0.6) is 0 Å². The molecule has 0 N–H and O–H groups in total. The maximum Gasteiger partial charge on any atom is 0.416 e. The van der Waals surface area contributed by atoms with Gasteiger partial charge in [0.1, 0.15) is 5.41 Å². The number of rotatable bonds is 3. The van der Waals surface area contributed by atoms with Crippen molar-refractivity contribution in [3.63, 3.8) is 0 Å². The van der Waals surface area contributed by atoms with E-state index in [0.29, 0.717) is 18.4 Å². The van der Waals surface area contributed by atoms with E-state index in [2.05, 4.69) is 0 Å². The normalized spacial score (nSPS) is 33.4. The summed E-state index contributed by atoms with van der Waals surface area (Å²) in [7, 11) is 0. The van der Waals surface area contributed by atoms with Crippen LogP contribution in [-0.2, 0) is 20.4 Å². The van der Waals surface area contributed by atoms with E-state index in [9.17, 15) is 18.0 Å². The molecule has 1 unspecified atom stereocenters. The average Bonchev–Trinajstić information content (AvgIpc) is 2.88. The monoisotopic (exact) mass is 314 g/mol. The van der Waals surface area contributed by atoms with Crippen molar-refractivity contribution < 1.29 is 27.4 Å². The fraction of sp³-hybridized carbons (Fsp3) is 0.562. The summed E-state index contributed by atoms with van der Waals surface area (Å²) < 4.78 is 49.0. The zero-order valence-corrected chi connectivity index (χ0v) is 12.4. The van der Waals surface area contributed by atoms with Gasteiger partial charge in [0.2, 0.25) is 0 Å². The highest BCUT2D eigenvalue weighted by molar-refractivity contribution is 5.80. The minimum Gasteiger partial charge on any atom is -0.465 e. The van der Waals surface area contributed by atoms with E-state index in [0.717, 1.165) is 12.1 Å². The molecule has 0 amide bonds. The number of fused-ring (bicyclic) bond motifs is 1. The van der Waals surface area contributed by atoms with Crippen LogP contribution in [0.4, 0.5) is 13.2 Å². The van der Waals surface area contributed by atoms with Gasteiger partial charge in [-0.3, -0.25) is 4.79 Å². The van der Waals surface area contributed by atoms with Gasteiger partial charge in [0, 0.05) is 0 Å². The van der Waals surface area contributed by atoms with E-state index in [1.807, 2.05) is 6.92 Å². The van der Waals surface area contributed by atoms with Crippen molar-refractivity contribution in [1.29, 1.82) is 0 Å². The van der Waals surface area contributed by atoms with Crippen LogP contribution in [0.15, 0.2) is 24.3 Å². The molecule has 0 spiro atoms. The Labute approximate surface area is 126 Å². The molecule has 4 rings (SSSR count). The fourth-order valence-corrected chi connectivity index (χ4v) is 3.71. The number of ether oxygens (including phenoxy) is 2. The van der Waals surface area contributed by atoms with Crippen molar-refractivity contribution in [2.24, 2.45) is 5.41 Å². The molecule has 1 aliphatic carbocycles. The van der Waals surface area contributed by atoms with E-state index in [-0.39, 0.29) is 18.2 Å². The van der Waals surface area contributed by atoms with Crippen LogP contribution in [0.3, 0.4) is 0 Å². The predicted octanol–water partition coefficient (Wildman–Crippen LogP) is 3.88. The topological polar surface area (TPSA) is 35.5 Å². The van der Waals surface area contributed by atoms with Gasteiger partial charge in [0.15, 0.2) is 0 Å². The van der Waals surface area contributed by atoms with Crippen LogP contribution in [0.25, 0.3) is 0 Å². The molecule has 1 aromatic carbocycles. The van der Waals surface area contributed by atoms with Crippen molar-refractivity contribution in [1.82, 2.24) is 0 Å².